The number of primary amides is 1. The van der Waals surface area contributed by atoms with Gasteiger partial charge in [0.2, 0.25) is 0 Å². The van der Waals surface area contributed by atoms with Crippen LogP contribution in [0.25, 0.3) is 0 Å². The van der Waals surface area contributed by atoms with E-state index in [1.165, 1.54) is 12.4 Å². The van der Waals surface area contributed by atoms with Gasteiger partial charge in [0.15, 0.2) is 0 Å². The zero-order chi connectivity index (χ0) is 21.3. The summed E-state index contributed by atoms with van der Waals surface area (Å²) in [4.78, 5) is 19.0. The van der Waals surface area contributed by atoms with Crippen LogP contribution in [-0.4, -0.2) is 18.9 Å². The molecule has 152 valence electrons. The maximum atomic E-state index is 13.7. The average Bonchev–Trinajstić information content (AvgIpc) is 2.59. The summed E-state index contributed by atoms with van der Waals surface area (Å²) in [7, 11) is 0. The van der Waals surface area contributed by atoms with Crippen molar-refractivity contribution in [2.75, 3.05) is 6.54 Å². The molecule has 0 saturated heterocycles. The van der Waals surface area contributed by atoms with Crippen LogP contribution in [0.4, 0.5) is 18.0 Å². The van der Waals surface area contributed by atoms with Crippen molar-refractivity contribution in [3.63, 3.8) is 0 Å². The molecule has 2 amide bonds. The zero-order valence-electron chi connectivity index (χ0n) is 16.2. The standard InChI is InChI=1S/C17H15F3O.C3H5N2O2.Li/c1-4-12-5-6-13(9-11(12)2)21-14-7-8-15(16(18)10-14)17(3,19)20;4-3(7)5-1-2-6;/h5-10H,1-2,4H2,3H3;1H2,(H3,4,5,7);/q-2;-1;+1. The van der Waals surface area contributed by atoms with Crippen molar-refractivity contribution in [2.45, 2.75) is 19.3 Å². The van der Waals surface area contributed by atoms with E-state index in [0.29, 0.717) is 19.1 Å². The summed E-state index contributed by atoms with van der Waals surface area (Å²) < 4.78 is 45.4. The second-order valence-corrected chi connectivity index (χ2v) is 5.67. The predicted octanol–water partition coefficient (Wildman–Crippen LogP) is 1.06. The van der Waals surface area contributed by atoms with Crippen molar-refractivity contribution in [3.05, 3.63) is 72.8 Å². The molecule has 3 N–H and O–H groups in total. The molecule has 9 heteroatoms. The molecule has 0 bridgehead atoms. The van der Waals surface area contributed by atoms with Gasteiger partial charge in [-0.15, -0.1) is 12.1 Å². The van der Waals surface area contributed by atoms with Crippen molar-refractivity contribution in [2.24, 2.45) is 5.73 Å². The van der Waals surface area contributed by atoms with E-state index in [4.69, 9.17) is 4.74 Å². The van der Waals surface area contributed by atoms with E-state index in [9.17, 15) is 22.8 Å². The van der Waals surface area contributed by atoms with Gasteiger partial charge in [-0.3, -0.25) is 0 Å². The van der Waals surface area contributed by atoms with Crippen LogP contribution in [-0.2, 0) is 17.1 Å². The maximum absolute atomic E-state index is 13.7. The molecule has 29 heavy (non-hydrogen) atoms. The summed E-state index contributed by atoms with van der Waals surface area (Å²) >= 11 is 0. The van der Waals surface area contributed by atoms with Crippen LogP contribution >= 0.6 is 0 Å². The van der Waals surface area contributed by atoms with E-state index in [1.54, 1.807) is 12.1 Å². The number of carbonyl (C=O) groups is 1. The number of nitrogens with two attached hydrogens (primary N) is 1. The summed E-state index contributed by atoms with van der Waals surface area (Å²) in [6, 6.07) is 7.80. The number of amides is 2. The molecule has 0 saturated carbocycles. The van der Waals surface area contributed by atoms with Gasteiger partial charge in [-0.25, -0.2) is 30.7 Å². The molecule has 2 aromatic carbocycles. The number of carbonyl (C=O) groups excluding carboxylic acids is 2. The van der Waals surface area contributed by atoms with Gasteiger partial charge >= 0.3 is 24.9 Å². The fraction of sp³-hybridized carbons (Fsp3) is 0.200. The monoisotopic (exact) mass is 400 g/mol. The SMILES string of the molecule is NC(=O)NC[C-]=O.[CH2-]Cc1ccc(Oc2ccc(C(C)(F)F)c(F)c2)cc1[CH2-].[Li+]. The average molecular weight is 400 g/mol. The molecule has 5 nitrogen and oxygen atoms in total. The number of alkyl halides is 2. The van der Waals surface area contributed by atoms with Crippen LogP contribution in [0.3, 0.4) is 0 Å². The Labute approximate surface area is 180 Å². The van der Waals surface area contributed by atoms with Gasteiger partial charge in [0.25, 0.3) is 5.92 Å². The van der Waals surface area contributed by atoms with Crippen molar-refractivity contribution in [1.82, 2.24) is 5.32 Å². The van der Waals surface area contributed by atoms with Gasteiger partial charge in [-0.1, -0.05) is 6.54 Å². The van der Waals surface area contributed by atoms with Crippen LogP contribution < -0.4 is 34.6 Å². The first-order valence-electron chi connectivity index (χ1n) is 8.06. The number of halogens is 3. The third kappa shape index (κ3) is 8.98. The zero-order valence-corrected chi connectivity index (χ0v) is 16.2. The van der Waals surface area contributed by atoms with Crippen LogP contribution in [0.5, 0.6) is 11.5 Å². The second kappa shape index (κ2) is 12.1. The molecule has 0 spiro atoms. The Kier molecular flexibility index (Phi) is 11.0. The third-order valence-electron chi connectivity index (χ3n) is 3.43. The number of hydrogen-bond acceptors (Lipinski definition) is 3. The van der Waals surface area contributed by atoms with E-state index in [1.807, 2.05) is 11.4 Å². The Morgan fingerprint density at radius 1 is 1.24 bits per heavy atom. The Bertz CT molecular complexity index is 827. The first kappa shape index (κ1) is 26.4. The number of rotatable bonds is 6. The Morgan fingerprint density at radius 2 is 1.83 bits per heavy atom. The van der Waals surface area contributed by atoms with Crippen molar-refractivity contribution in [1.29, 1.82) is 0 Å². The van der Waals surface area contributed by atoms with Crippen LogP contribution in [0, 0.1) is 19.7 Å². The number of nitrogens with one attached hydrogen (secondary N) is 1. The minimum Gasteiger partial charge on any atom is -0.540 e. The van der Waals surface area contributed by atoms with E-state index < -0.39 is 23.3 Å². The number of ether oxygens (including phenoxy) is 1. The van der Waals surface area contributed by atoms with Gasteiger partial charge in [-0.05, 0) is 18.2 Å². The maximum Gasteiger partial charge on any atom is 1.00 e. The quantitative estimate of drug-likeness (QED) is 0.562. The molecule has 0 unspecified atom stereocenters. The molecule has 0 aliphatic rings. The number of benzene rings is 2. The van der Waals surface area contributed by atoms with E-state index >= 15 is 0 Å². The van der Waals surface area contributed by atoms with Gasteiger partial charge in [0.05, 0.1) is 11.3 Å². The Balaban J connectivity index is 0.000000846. The van der Waals surface area contributed by atoms with Crippen molar-refractivity contribution in [3.8, 4) is 11.5 Å². The van der Waals surface area contributed by atoms with Gasteiger partial charge in [0.1, 0.15) is 11.6 Å². The molecule has 0 atom stereocenters. The first-order valence-corrected chi connectivity index (χ1v) is 8.06. The molecule has 0 heterocycles. The minimum atomic E-state index is -3.22. The summed E-state index contributed by atoms with van der Waals surface area (Å²) in [5, 5.41) is 2.01. The van der Waals surface area contributed by atoms with Crippen LogP contribution in [0.15, 0.2) is 36.4 Å². The van der Waals surface area contributed by atoms with Crippen LogP contribution in [0.1, 0.15) is 23.6 Å². The fourth-order valence-corrected chi connectivity index (χ4v) is 2.08. The summed E-state index contributed by atoms with van der Waals surface area (Å²) in [5.74, 6) is -3.60. The molecule has 0 aromatic heterocycles. The van der Waals surface area contributed by atoms with Gasteiger partial charge in [-0.2, -0.15) is 18.1 Å². The molecular formula is C20H20F3LiN2O3-2. The van der Waals surface area contributed by atoms with Crippen molar-refractivity contribution < 1.29 is 46.4 Å². The van der Waals surface area contributed by atoms with Crippen LogP contribution in [0.2, 0.25) is 0 Å². The summed E-state index contributed by atoms with van der Waals surface area (Å²) in [6.45, 7) is 8.16. The number of urea groups is 1. The normalized spacial score (nSPS) is 10.1. The van der Waals surface area contributed by atoms with Crippen molar-refractivity contribution >= 4 is 12.3 Å². The van der Waals surface area contributed by atoms with E-state index in [2.05, 4.69) is 19.6 Å². The molecule has 0 aliphatic carbocycles. The molecule has 2 rings (SSSR count). The first-order chi connectivity index (χ1) is 13.1. The van der Waals surface area contributed by atoms with E-state index in [-0.39, 0.29) is 31.2 Å². The molecule has 0 fully saturated rings. The fourth-order valence-electron chi connectivity index (χ4n) is 2.08. The molecule has 0 aliphatic heterocycles. The van der Waals surface area contributed by atoms with Gasteiger partial charge < -0.3 is 27.5 Å². The Hall–Kier alpha value is -2.56. The van der Waals surface area contributed by atoms with E-state index in [0.717, 1.165) is 23.3 Å². The van der Waals surface area contributed by atoms with Gasteiger partial charge in [0, 0.05) is 13.0 Å². The Morgan fingerprint density at radius 3 is 2.24 bits per heavy atom. The third-order valence-corrected chi connectivity index (χ3v) is 3.43. The largest absolute Gasteiger partial charge is 1.00 e. The molecular weight excluding hydrogens is 380 g/mol. The summed E-state index contributed by atoms with van der Waals surface area (Å²) in [6.07, 6.45) is 2.04. The minimum absolute atomic E-state index is 0. The number of hydrogen-bond donors (Lipinski definition) is 2. The second-order valence-electron chi connectivity index (χ2n) is 5.67. The topological polar surface area (TPSA) is 81.4 Å². The summed E-state index contributed by atoms with van der Waals surface area (Å²) in [5.41, 5.74) is 5.64. The smallest absolute Gasteiger partial charge is 0.540 e. The predicted molar refractivity (Wildman–Crippen MR) is 99.3 cm³/mol. The molecule has 2 aromatic rings. The molecule has 0 radical (unpaired) electrons.